The molecule has 1 aromatic heterocycles. The third-order valence-electron chi connectivity index (χ3n) is 2.65. The lowest BCUT2D eigenvalue weighted by atomic mass is 10.2. The second-order valence-corrected chi connectivity index (χ2v) is 3.91. The topological polar surface area (TPSA) is 137 Å². The fourth-order valence-electron chi connectivity index (χ4n) is 1.78. The van der Waals surface area contributed by atoms with Gasteiger partial charge in [-0.15, -0.1) is 0 Å². The molecular formula is C9H14N4O4. The molecular weight excluding hydrogens is 228 g/mol. The second kappa shape index (κ2) is 4.32. The maximum Gasteiger partial charge on any atom is 0.351 e. The van der Waals surface area contributed by atoms with E-state index in [1.54, 1.807) is 0 Å². The van der Waals surface area contributed by atoms with E-state index < -0.39 is 24.1 Å². The molecule has 0 bridgehead atoms. The van der Waals surface area contributed by atoms with Crippen LogP contribution in [0.2, 0.25) is 0 Å². The van der Waals surface area contributed by atoms with Crippen molar-refractivity contribution < 1.29 is 14.9 Å². The number of aromatic nitrogens is 2. The second-order valence-electron chi connectivity index (χ2n) is 3.91. The first-order valence-corrected chi connectivity index (χ1v) is 5.11. The number of nitrogens with two attached hydrogens (primary N) is 2. The molecule has 0 unspecified atom stereocenters. The summed E-state index contributed by atoms with van der Waals surface area (Å²) in [5, 5.41) is 18.7. The van der Waals surface area contributed by atoms with Crippen LogP contribution in [-0.4, -0.2) is 38.6 Å². The summed E-state index contributed by atoms with van der Waals surface area (Å²) < 4.78 is 6.39. The minimum atomic E-state index is -0.894. The number of aliphatic hydroxyl groups is 2. The molecule has 0 radical (unpaired) electrons. The van der Waals surface area contributed by atoms with Crippen molar-refractivity contribution in [3.8, 4) is 0 Å². The van der Waals surface area contributed by atoms with Crippen LogP contribution in [0, 0.1) is 0 Å². The largest absolute Gasteiger partial charge is 0.395 e. The molecule has 2 heterocycles. The highest BCUT2D eigenvalue weighted by atomic mass is 16.5. The molecule has 1 aliphatic rings. The van der Waals surface area contributed by atoms with Gasteiger partial charge < -0.3 is 26.4 Å². The molecule has 1 aromatic rings. The van der Waals surface area contributed by atoms with Crippen LogP contribution in [0.4, 0.5) is 11.5 Å². The molecule has 0 aliphatic carbocycles. The number of nitrogen functional groups attached to an aromatic ring is 2. The normalized spacial score (nSPS) is 28.5. The minimum Gasteiger partial charge on any atom is -0.395 e. The molecule has 0 spiro atoms. The molecule has 1 saturated heterocycles. The summed E-state index contributed by atoms with van der Waals surface area (Å²) in [7, 11) is 0. The van der Waals surface area contributed by atoms with Crippen molar-refractivity contribution in [1.29, 1.82) is 0 Å². The summed E-state index contributed by atoms with van der Waals surface area (Å²) in [5.41, 5.74) is 10.4. The molecule has 2 rings (SSSR count). The Hall–Kier alpha value is -1.64. The van der Waals surface area contributed by atoms with Gasteiger partial charge in [-0.1, -0.05) is 0 Å². The predicted octanol–water partition coefficient (Wildman–Crippen LogP) is -1.95. The standard InChI is InChI=1S/C9H14N4O4/c10-5-2-13(9(16)12-7(5)11)8-6(15)1-4(3-14)17-8/h2,4,6,8,14-15H,1,3,10H2,(H2,11,12,16)/t4-,6-,8+/m0/s1. The van der Waals surface area contributed by atoms with Gasteiger partial charge in [0.1, 0.15) is 6.10 Å². The monoisotopic (exact) mass is 242 g/mol. The molecule has 0 aromatic carbocycles. The molecule has 17 heavy (non-hydrogen) atoms. The highest BCUT2D eigenvalue weighted by molar-refractivity contribution is 5.55. The van der Waals surface area contributed by atoms with Gasteiger partial charge >= 0.3 is 5.69 Å². The van der Waals surface area contributed by atoms with Crippen LogP contribution in [0.25, 0.3) is 0 Å². The van der Waals surface area contributed by atoms with Gasteiger partial charge in [0, 0.05) is 12.6 Å². The summed E-state index contributed by atoms with van der Waals surface area (Å²) in [6, 6.07) is 0. The van der Waals surface area contributed by atoms with Gasteiger partial charge in [-0.2, -0.15) is 4.98 Å². The average Bonchev–Trinajstić information content (AvgIpc) is 2.65. The summed E-state index contributed by atoms with van der Waals surface area (Å²) in [6.45, 7) is -0.222. The van der Waals surface area contributed by atoms with E-state index in [4.69, 9.17) is 21.3 Å². The van der Waals surface area contributed by atoms with E-state index in [-0.39, 0.29) is 24.5 Å². The zero-order valence-corrected chi connectivity index (χ0v) is 8.98. The molecule has 1 aliphatic heterocycles. The SMILES string of the molecule is Nc1cn([C@@H]2O[C@H](CO)C[C@@H]2O)c(=O)nc1N. The van der Waals surface area contributed by atoms with Gasteiger partial charge in [0.15, 0.2) is 12.0 Å². The summed E-state index contributed by atoms with van der Waals surface area (Å²) >= 11 is 0. The number of nitrogens with zero attached hydrogens (tertiary/aromatic N) is 2. The highest BCUT2D eigenvalue weighted by Crippen LogP contribution is 2.28. The number of ether oxygens (including phenoxy) is 1. The van der Waals surface area contributed by atoms with E-state index in [9.17, 15) is 9.90 Å². The van der Waals surface area contributed by atoms with Crippen molar-refractivity contribution in [3.05, 3.63) is 16.7 Å². The molecule has 8 heteroatoms. The van der Waals surface area contributed by atoms with Crippen LogP contribution in [-0.2, 0) is 4.74 Å². The van der Waals surface area contributed by atoms with Crippen molar-refractivity contribution in [2.24, 2.45) is 0 Å². The van der Waals surface area contributed by atoms with E-state index in [0.717, 1.165) is 4.57 Å². The lowest BCUT2D eigenvalue weighted by Gasteiger charge is -2.17. The maximum absolute atomic E-state index is 11.6. The Balaban J connectivity index is 2.35. The smallest absolute Gasteiger partial charge is 0.351 e. The Morgan fingerprint density at radius 1 is 1.59 bits per heavy atom. The van der Waals surface area contributed by atoms with Gasteiger partial charge in [-0.3, -0.25) is 4.57 Å². The molecule has 3 atom stereocenters. The number of anilines is 2. The average molecular weight is 242 g/mol. The van der Waals surface area contributed by atoms with Crippen LogP contribution < -0.4 is 17.2 Å². The van der Waals surface area contributed by atoms with Crippen LogP contribution in [0.3, 0.4) is 0 Å². The van der Waals surface area contributed by atoms with Crippen molar-refractivity contribution in [2.45, 2.75) is 24.9 Å². The fourth-order valence-corrected chi connectivity index (χ4v) is 1.78. The van der Waals surface area contributed by atoms with Crippen molar-refractivity contribution >= 4 is 11.5 Å². The lowest BCUT2D eigenvalue weighted by Crippen LogP contribution is -2.32. The molecule has 0 saturated carbocycles. The Morgan fingerprint density at radius 2 is 2.29 bits per heavy atom. The van der Waals surface area contributed by atoms with Crippen molar-refractivity contribution in [1.82, 2.24) is 9.55 Å². The first kappa shape index (κ1) is 11.8. The van der Waals surface area contributed by atoms with Gasteiger partial charge in [0.2, 0.25) is 0 Å². The summed E-state index contributed by atoms with van der Waals surface area (Å²) in [4.78, 5) is 15.1. The first-order chi connectivity index (χ1) is 8.02. The third kappa shape index (κ3) is 2.09. The molecule has 6 N–H and O–H groups in total. The van der Waals surface area contributed by atoms with Crippen LogP contribution in [0.15, 0.2) is 11.0 Å². The molecule has 8 nitrogen and oxygen atoms in total. The zero-order chi connectivity index (χ0) is 12.6. The minimum absolute atomic E-state index is 0.0579. The Bertz CT molecular complexity index is 475. The quantitative estimate of drug-likeness (QED) is 0.473. The number of hydrogen-bond donors (Lipinski definition) is 4. The van der Waals surface area contributed by atoms with Crippen molar-refractivity contribution in [3.63, 3.8) is 0 Å². The first-order valence-electron chi connectivity index (χ1n) is 5.11. The Labute approximate surface area is 96.4 Å². The highest BCUT2D eigenvalue weighted by Gasteiger charge is 2.35. The van der Waals surface area contributed by atoms with E-state index in [0.29, 0.717) is 0 Å². The Kier molecular flexibility index (Phi) is 3.01. The van der Waals surface area contributed by atoms with Crippen molar-refractivity contribution in [2.75, 3.05) is 18.1 Å². The number of aliphatic hydroxyl groups excluding tert-OH is 2. The van der Waals surface area contributed by atoms with Gasteiger partial charge in [-0.05, 0) is 0 Å². The van der Waals surface area contributed by atoms with Gasteiger partial charge in [-0.25, -0.2) is 4.79 Å². The maximum atomic E-state index is 11.6. The van der Waals surface area contributed by atoms with E-state index in [1.807, 2.05) is 0 Å². The van der Waals surface area contributed by atoms with Crippen LogP contribution in [0.1, 0.15) is 12.6 Å². The van der Waals surface area contributed by atoms with Gasteiger partial charge in [0.05, 0.1) is 18.4 Å². The third-order valence-corrected chi connectivity index (χ3v) is 2.65. The molecule has 1 fully saturated rings. The lowest BCUT2D eigenvalue weighted by molar-refractivity contribution is -0.0528. The van der Waals surface area contributed by atoms with Gasteiger partial charge in [0.25, 0.3) is 0 Å². The molecule has 94 valence electrons. The Morgan fingerprint density at radius 3 is 2.88 bits per heavy atom. The summed E-state index contributed by atoms with van der Waals surface area (Å²) in [5.74, 6) is -0.0579. The number of rotatable bonds is 2. The zero-order valence-electron chi connectivity index (χ0n) is 8.98. The predicted molar refractivity (Wildman–Crippen MR) is 58.9 cm³/mol. The van der Waals surface area contributed by atoms with E-state index >= 15 is 0 Å². The van der Waals surface area contributed by atoms with E-state index in [2.05, 4.69) is 4.98 Å². The summed E-state index contributed by atoms with van der Waals surface area (Å²) in [6.07, 6.45) is -0.763. The number of hydrogen-bond acceptors (Lipinski definition) is 7. The molecule has 0 amide bonds. The van der Waals surface area contributed by atoms with E-state index in [1.165, 1.54) is 6.20 Å². The van der Waals surface area contributed by atoms with Crippen LogP contribution >= 0.6 is 0 Å². The fraction of sp³-hybridized carbons (Fsp3) is 0.556. The van der Waals surface area contributed by atoms with Crippen LogP contribution in [0.5, 0.6) is 0 Å².